The summed E-state index contributed by atoms with van der Waals surface area (Å²) in [5.74, 6) is 1.05. The molecule has 8 heteroatoms. The summed E-state index contributed by atoms with van der Waals surface area (Å²) in [5.41, 5.74) is 5.11. The molecule has 0 aliphatic carbocycles. The molecule has 1 fully saturated rings. The van der Waals surface area contributed by atoms with Gasteiger partial charge >= 0.3 is 0 Å². The third-order valence-electron chi connectivity index (χ3n) is 7.67. The summed E-state index contributed by atoms with van der Waals surface area (Å²) in [6.07, 6.45) is 3.09. The molecule has 0 radical (unpaired) electrons. The van der Waals surface area contributed by atoms with Crippen molar-refractivity contribution in [3.8, 4) is 0 Å². The Balaban J connectivity index is 1.51. The van der Waals surface area contributed by atoms with Crippen LogP contribution in [0.1, 0.15) is 60.8 Å². The van der Waals surface area contributed by atoms with Gasteiger partial charge in [0.25, 0.3) is 5.56 Å². The molecule has 1 aliphatic rings. The maximum absolute atomic E-state index is 13.3. The molecule has 2 aromatic heterocycles. The minimum Gasteiger partial charge on any atom is -0.376 e. The number of pyridine rings is 1. The molecule has 0 bridgehead atoms. The summed E-state index contributed by atoms with van der Waals surface area (Å²) in [4.78, 5) is 18.9. The SMILES string of the molecule is Cc1ccc(C)c2[nH]c(=O)c(CN(CCc3ccccc3)[C@@H](c3nnnn3C[C@@H]3CCCO3)C(C)C)cc12. The average Bonchev–Trinajstić information content (AvgIpc) is 3.59. The molecule has 0 spiro atoms. The van der Waals surface area contributed by atoms with E-state index < -0.39 is 0 Å². The summed E-state index contributed by atoms with van der Waals surface area (Å²) < 4.78 is 7.80. The number of nitrogens with one attached hydrogen (secondary N) is 1. The minimum atomic E-state index is -0.0659. The summed E-state index contributed by atoms with van der Waals surface area (Å²) >= 11 is 0. The molecule has 1 N–H and O–H groups in total. The molecule has 200 valence electrons. The zero-order chi connectivity index (χ0) is 26.6. The number of nitrogens with zero attached hydrogens (tertiary/aromatic N) is 5. The molecule has 1 saturated heterocycles. The fourth-order valence-corrected chi connectivity index (χ4v) is 5.61. The first kappa shape index (κ1) is 26.3. The number of fused-ring (bicyclic) bond motifs is 1. The molecule has 0 unspecified atom stereocenters. The first-order valence-electron chi connectivity index (χ1n) is 13.7. The van der Waals surface area contributed by atoms with Gasteiger partial charge in [-0.2, -0.15) is 0 Å². The zero-order valence-electron chi connectivity index (χ0n) is 22.9. The molecule has 2 aromatic carbocycles. The molecule has 2 atom stereocenters. The van der Waals surface area contributed by atoms with Crippen molar-refractivity contribution in [2.75, 3.05) is 13.2 Å². The Hall–Kier alpha value is -3.36. The lowest BCUT2D eigenvalue weighted by Crippen LogP contribution is -2.37. The molecule has 0 amide bonds. The van der Waals surface area contributed by atoms with Crippen molar-refractivity contribution < 1.29 is 4.74 Å². The van der Waals surface area contributed by atoms with E-state index in [-0.39, 0.29) is 23.6 Å². The lowest BCUT2D eigenvalue weighted by atomic mass is 9.98. The first-order chi connectivity index (χ1) is 18.4. The highest BCUT2D eigenvalue weighted by Gasteiger charge is 2.31. The van der Waals surface area contributed by atoms with Crippen LogP contribution in [0.5, 0.6) is 0 Å². The summed E-state index contributed by atoms with van der Waals surface area (Å²) in [6, 6.07) is 16.7. The molecular formula is C30H38N6O2. The quantitative estimate of drug-likeness (QED) is 0.328. The number of tetrazole rings is 1. The van der Waals surface area contributed by atoms with Gasteiger partial charge < -0.3 is 9.72 Å². The number of aromatic nitrogens is 5. The van der Waals surface area contributed by atoms with Crippen molar-refractivity contribution in [3.05, 3.63) is 87.0 Å². The molecule has 8 nitrogen and oxygen atoms in total. The number of hydrogen-bond donors (Lipinski definition) is 1. The first-order valence-corrected chi connectivity index (χ1v) is 13.7. The van der Waals surface area contributed by atoms with Gasteiger partial charge in [-0.3, -0.25) is 9.69 Å². The lowest BCUT2D eigenvalue weighted by Gasteiger charge is -2.33. The van der Waals surface area contributed by atoms with Gasteiger partial charge in [-0.15, -0.1) is 5.10 Å². The molecule has 38 heavy (non-hydrogen) atoms. The third kappa shape index (κ3) is 5.71. The Labute approximate surface area is 224 Å². The fraction of sp³-hybridized carbons (Fsp3) is 0.467. The molecule has 3 heterocycles. The number of rotatable bonds is 10. The van der Waals surface area contributed by atoms with Crippen LogP contribution in [0.15, 0.2) is 53.3 Å². The number of aromatic amines is 1. The van der Waals surface area contributed by atoms with Crippen molar-refractivity contribution in [1.82, 2.24) is 30.1 Å². The third-order valence-corrected chi connectivity index (χ3v) is 7.67. The molecule has 4 aromatic rings. The van der Waals surface area contributed by atoms with Gasteiger partial charge in [0.1, 0.15) is 0 Å². The Kier molecular flexibility index (Phi) is 8.00. The van der Waals surface area contributed by atoms with E-state index in [0.29, 0.717) is 13.1 Å². The Bertz CT molecular complexity index is 1420. The Morgan fingerprint density at radius 3 is 2.66 bits per heavy atom. The number of hydrogen-bond acceptors (Lipinski definition) is 6. The predicted molar refractivity (Wildman–Crippen MR) is 149 cm³/mol. The Morgan fingerprint density at radius 2 is 1.92 bits per heavy atom. The second-order valence-electron chi connectivity index (χ2n) is 10.9. The van der Waals surface area contributed by atoms with Crippen LogP contribution >= 0.6 is 0 Å². The van der Waals surface area contributed by atoms with Crippen LogP contribution in [0.2, 0.25) is 0 Å². The zero-order valence-corrected chi connectivity index (χ0v) is 22.9. The van der Waals surface area contributed by atoms with E-state index in [1.165, 1.54) is 5.56 Å². The van der Waals surface area contributed by atoms with Gasteiger partial charge in [0.05, 0.1) is 24.2 Å². The molecular weight excluding hydrogens is 476 g/mol. The van der Waals surface area contributed by atoms with Gasteiger partial charge in [0.15, 0.2) is 5.82 Å². The number of aryl methyl sites for hydroxylation is 2. The largest absolute Gasteiger partial charge is 0.376 e. The van der Waals surface area contributed by atoms with Gasteiger partial charge in [0.2, 0.25) is 0 Å². The summed E-state index contributed by atoms with van der Waals surface area (Å²) in [6.45, 7) is 11.2. The van der Waals surface area contributed by atoms with Crippen molar-refractivity contribution in [2.24, 2.45) is 5.92 Å². The number of benzene rings is 2. The highest BCUT2D eigenvalue weighted by molar-refractivity contribution is 5.85. The smallest absolute Gasteiger partial charge is 0.252 e. The van der Waals surface area contributed by atoms with E-state index in [0.717, 1.165) is 65.8 Å². The van der Waals surface area contributed by atoms with E-state index >= 15 is 0 Å². The van der Waals surface area contributed by atoms with Crippen molar-refractivity contribution in [2.45, 2.75) is 72.2 Å². The minimum absolute atomic E-state index is 0.0441. The highest BCUT2D eigenvalue weighted by Crippen LogP contribution is 2.30. The predicted octanol–water partition coefficient (Wildman–Crippen LogP) is 4.75. The molecule has 1 aliphatic heterocycles. The van der Waals surface area contributed by atoms with Crippen LogP contribution in [0.25, 0.3) is 10.9 Å². The van der Waals surface area contributed by atoms with E-state index in [1.54, 1.807) is 0 Å². The molecule has 5 rings (SSSR count). The second-order valence-corrected chi connectivity index (χ2v) is 10.9. The van der Waals surface area contributed by atoms with Crippen molar-refractivity contribution in [3.63, 3.8) is 0 Å². The summed E-state index contributed by atoms with van der Waals surface area (Å²) in [5, 5.41) is 14.0. The highest BCUT2D eigenvalue weighted by atomic mass is 16.5. The van der Waals surface area contributed by atoms with E-state index in [4.69, 9.17) is 4.74 Å². The van der Waals surface area contributed by atoms with Crippen molar-refractivity contribution >= 4 is 10.9 Å². The van der Waals surface area contributed by atoms with Crippen molar-refractivity contribution in [1.29, 1.82) is 0 Å². The topological polar surface area (TPSA) is 88.9 Å². The Morgan fingerprint density at radius 1 is 1.13 bits per heavy atom. The number of H-pyrrole nitrogens is 1. The summed E-state index contributed by atoms with van der Waals surface area (Å²) in [7, 11) is 0. The van der Waals surface area contributed by atoms with Gasteiger partial charge in [0, 0.05) is 30.6 Å². The standard InChI is InChI=1S/C30H38N6O2/c1-20(2)28(29-32-33-34-36(29)19-25-11-8-16-38-25)35(15-14-23-9-6-5-7-10-23)18-24-17-26-21(3)12-13-22(4)27(26)31-30(24)37/h5-7,9-10,12-13,17,20,25,28H,8,11,14-16,18-19H2,1-4H3,(H,31,37)/t25-,28+/m0/s1. The fourth-order valence-electron chi connectivity index (χ4n) is 5.61. The monoisotopic (exact) mass is 514 g/mol. The van der Waals surface area contributed by atoms with Gasteiger partial charge in [-0.25, -0.2) is 4.68 Å². The maximum Gasteiger partial charge on any atom is 0.252 e. The number of ether oxygens (including phenoxy) is 1. The van der Waals surface area contributed by atoms with E-state index in [1.807, 2.05) is 17.7 Å². The second kappa shape index (κ2) is 11.6. The maximum atomic E-state index is 13.3. The van der Waals surface area contributed by atoms with Crippen LogP contribution in [-0.2, 0) is 24.2 Å². The van der Waals surface area contributed by atoms with Crippen LogP contribution in [0, 0.1) is 19.8 Å². The van der Waals surface area contributed by atoms with E-state index in [2.05, 4.69) is 88.6 Å². The average molecular weight is 515 g/mol. The van der Waals surface area contributed by atoms with E-state index in [9.17, 15) is 4.79 Å². The van der Waals surface area contributed by atoms with Crippen LogP contribution in [-0.4, -0.2) is 49.3 Å². The van der Waals surface area contributed by atoms with Crippen LogP contribution < -0.4 is 5.56 Å². The molecule has 0 saturated carbocycles. The van der Waals surface area contributed by atoms with Crippen LogP contribution in [0.3, 0.4) is 0 Å². The normalized spacial score (nSPS) is 16.6. The van der Waals surface area contributed by atoms with Crippen LogP contribution in [0.4, 0.5) is 0 Å². The van der Waals surface area contributed by atoms with Gasteiger partial charge in [-0.05, 0) is 72.2 Å². The van der Waals surface area contributed by atoms with Gasteiger partial charge in [-0.1, -0.05) is 56.3 Å². The lowest BCUT2D eigenvalue weighted by molar-refractivity contribution is 0.0864.